The van der Waals surface area contributed by atoms with Crippen LogP contribution in [0.5, 0.6) is 0 Å². The number of Topliss-reactive ketones (excluding diaryl/α,β-unsaturated/α-hetero) is 1. The maximum Gasteiger partial charge on any atom is 0.550 e. The molecule has 196 valence electrons. The fraction of sp³-hybridized carbons (Fsp3) is 0.393. The van der Waals surface area contributed by atoms with Crippen molar-refractivity contribution in [3.8, 4) is 10.6 Å². The van der Waals surface area contributed by atoms with E-state index in [0.29, 0.717) is 10.6 Å². The molecule has 0 saturated carbocycles. The summed E-state index contributed by atoms with van der Waals surface area (Å²) in [5.41, 5.74) is 1.62. The number of nitrogens with zero attached hydrogens (tertiary/aromatic N) is 2. The van der Waals surface area contributed by atoms with Crippen molar-refractivity contribution in [2.45, 2.75) is 71.3 Å². The summed E-state index contributed by atoms with van der Waals surface area (Å²) in [4.78, 5) is 31.3. The van der Waals surface area contributed by atoms with E-state index in [9.17, 15) is 9.59 Å². The number of hydrogen-bond donors (Lipinski definition) is 1. The SMILES string of the molecule is CC(C)(C)OC(=O)[n+]1c(C(=O)C2=CNC3C=C(O[Si](C)(C)C(C)(C)C)[CH-]C=C23)c[s+][c-]1-c1cccnc1. The van der Waals surface area contributed by atoms with Crippen molar-refractivity contribution in [3.63, 3.8) is 0 Å². The molecule has 9 heteroatoms. The summed E-state index contributed by atoms with van der Waals surface area (Å²) in [6, 6.07) is 3.48. The van der Waals surface area contributed by atoms with Crippen molar-refractivity contribution in [2.24, 2.45) is 0 Å². The number of ether oxygens (including phenoxy) is 1. The molecule has 2 aromatic heterocycles. The zero-order chi connectivity index (χ0) is 27.2. The van der Waals surface area contributed by atoms with Crippen molar-refractivity contribution >= 4 is 31.5 Å². The second-order valence-corrected chi connectivity index (χ2v) is 17.3. The van der Waals surface area contributed by atoms with Crippen molar-refractivity contribution in [2.75, 3.05) is 0 Å². The van der Waals surface area contributed by atoms with Crippen LogP contribution in [0.4, 0.5) is 4.79 Å². The fourth-order valence-corrected chi connectivity index (χ4v) is 5.75. The van der Waals surface area contributed by atoms with E-state index in [0.717, 1.165) is 16.9 Å². The standard InChI is InChI=1S/C28H35N3O4SSi/c1-27(2,3)34-26(33)31-23(17-36-25(31)18-10-9-13-29-15-18)24(32)21-16-30-22-14-19(11-12-20(21)22)35-37(7,8)28(4,5)6/h9-17,22,30H,1-8H3. The third-order valence-corrected chi connectivity index (χ3v) is 12.0. The van der Waals surface area contributed by atoms with Crippen LogP contribution in [0.1, 0.15) is 52.0 Å². The third kappa shape index (κ3) is 5.57. The first kappa shape index (κ1) is 26.9. The number of carbonyl (C=O) groups excluding carboxylic acids is 2. The van der Waals surface area contributed by atoms with Crippen molar-refractivity contribution in [3.05, 3.63) is 77.3 Å². The topological polar surface area (TPSA) is 81.4 Å². The number of carbonyl (C=O) groups is 2. The summed E-state index contributed by atoms with van der Waals surface area (Å²) in [6.07, 6.45) is 10.3. The minimum Gasteiger partial charge on any atom is -0.564 e. The van der Waals surface area contributed by atoms with Crippen LogP contribution in [-0.4, -0.2) is 36.8 Å². The number of allylic oxidation sites excluding steroid dienone is 1. The first-order valence-corrected chi connectivity index (χ1v) is 16.1. The van der Waals surface area contributed by atoms with Crippen LogP contribution < -0.4 is 9.88 Å². The predicted molar refractivity (Wildman–Crippen MR) is 147 cm³/mol. The van der Waals surface area contributed by atoms with Crippen LogP contribution in [0.25, 0.3) is 10.6 Å². The van der Waals surface area contributed by atoms with Gasteiger partial charge in [-0.3, -0.25) is 9.78 Å². The van der Waals surface area contributed by atoms with E-state index < -0.39 is 20.0 Å². The van der Waals surface area contributed by atoms with Gasteiger partial charge >= 0.3 is 11.1 Å². The molecule has 1 N–H and O–H groups in total. The number of ketones is 1. The molecule has 1 aliphatic carbocycles. The first-order valence-electron chi connectivity index (χ1n) is 12.3. The molecular weight excluding hydrogens is 502 g/mol. The number of aromatic nitrogens is 2. The van der Waals surface area contributed by atoms with Crippen LogP contribution >= 0.6 is 11.3 Å². The highest BCUT2D eigenvalue weighted by Gasteiger charge is 2.41. The maximum absolute atomic E-state index is 13.8. The fourth-order valence-electron chi connectivity index (χ4n) is 3.74. The minimum absolute atomic E-state index is 0.0777. The highest BCUT2D eigenvalue weighted by molar-refractivity contribution is 7.13. The smallest absolute Gasteiger partial charge is 0.550 e. The van der Waals surface area contributed by atoms with E-state index in [1.807, 2.05) is 24.6 Å². The highest BCUT2D eigenvalue weighted by atomic mass is 32.1. The Bertz CT molecular complexity index is 1310. The van der Waals surface area contributed by atoms with E-state index in [1.165, 1.54) is 15.9 Å². The predicted octanol–water partition coefficient (Wildman–Crippen LogP) is 5.97. The molecule has 4 rings (SSSR count). The molecule has 1 aliphatic heterocycles. The number of pyridine rings is 1. The molecule has 0 bridgehead atoms. The van der Waals surface area contributed by atoms with E-state index in [1.54, 1.807) is 50.8 Å². The zero-order valence-electron chi connectivity index (χ0n) is 22.7. The van der Waals surface area contributed by atoms with E-state index >= 15 is 0 Å². The molecule has 3 heterocycles. The molecule has 7 nitrogen and oxygen atoms in total. The van der Waals surface area contributed by atoms with Crippen LogP contribution in [0.2, 0.25) is 18.1 Å². The Hall–Kier alpha value is -3.17. The van der Waals surface area contributed by atoms with Gasteiger partial charge in [0.05, 0.1) is 0 Å². The molecule has 0 aromatic carbocycles. The molecule has 0 spiro atoms. The molecule has 2 aliphatic rings. The normalized spacial score (nSPS) is 17.5. The lowest BCUT2D eigenvalue weighted by Crippen LogP contribution is -2.50. The number of nitrogens with one attached hydrogen (secondary N) is 1. The van der Waals surface area contributed by atoms with E-state index in [-0.39, 0.29) is 22.6 Å². The van der Waals surface area contributed by atoms with Crippen LogP contribution in [0.3, 0.4) is 0 Å². The lowest BCUT2D eigenvalue weighted by Gasteiger charge is -2.40. The van der Waals surface area contributed by atoms with Crippen molar-refractivity contribution in [1.29, 1.82) is 0 Å². The average molecular weight is 538 g/mol. The maximum atomic E-state index is 13.8. The summed E-state index contributed by atoms with van der Waals surface area (Å²) in [5.74, 6) is 0.558. The Morgan fingerprint density at radius 1 is 1.22 bits per heavy atom. The van der Waals surface area contributed by atoms with Gasteiger partial charge in [0.15, 0.2) is 0 Å². The molecule has 1 unspecified atom stereocenters. The Labute approximate surface area is 224 Å². The van der Waals surface area contributed by atoms with Crippen LogP contribution in [-0.2, 0) is 9.16 Å². The quantitative estimate of drug-likeness (QED) is 0.166. The van der Waals surface area contributed by atoms with E-state index in [2.05, 4.69) is 44.2 Å². The van der Waals surface area contributed by atoms with Gasteiger partial charge in [0.1, 0.15) is 5.60 Å². The van der Waals surface area contributed by atoms with Gasteiger partial charge in [-0.15, -0.1) is 22.6 Å². The monoisotopic (exact) mass is 537 g/mol. The van der Waals surface area contributed by atoms with Gasteiger partial charge in [0, 0.05) is 11.8 Å². The lowest BCUT2D eigenvalue weighted by atomic mass is 9.93. The molecule has 0 amide bonds. The van der Waals surface area contributed by atoms with Gasteiger partial charge in [0.25, 0.3) is 0 Å². The van der Waals surface area contributed by atoms with Crippen molar-refractivity contribution < 1.29 is 23.3 Å². The Balaban J connectivity index is 1.63. The van der Waals surface area contributed by atoms with Gasteiger partial charge in [-0.25, -0.2) is 4.79 Å². The van der Waals surface area contributed by atoms with Gasteiger partial charge in [-0.1, -0.05) is 32.9 Å². The summed E-state index contributed by atoms with van der Waals surface area (Å²) in [7, 11) is -2.00. The molecular formula is C28H35N3O4SSi. The number of rotatable bonds is 5. The second-order valence-electron chi connectivity index (χ2n) is 11.7. The molecule has 0 saturated heterocycles. The third-order valence-electron chi connectivity index (χ3n) is 6.68. The number of thiazole rings is 1. The van der Waals surface area contributed by atoms with Gasteiger partial charge in [-0.2, -0.15) is 6.08 Å². The van der Waals surface area contributed by atoms with Crippen molar-refractivity contribution in [1.82, 2.24) is 10.3 Å². The number of fused-ring (bicyclic) bond motifs is 1. The summed E-state index contributed by atoms with van der Waals surface area (Å²) < 4.78 is 13.5. The zero-order valence-corrected chi connectivity index (χ0v) is 24.5. The second kappa shape index (κ2) is 9.61. The van der Waals surface area contributed by atoms with E-state index in [4.69, 9.17) is 9.16 Å². The Morgan fingerprint density at radius 2 is 1.95 bits per heavy atom. The van der Waals surface area contributed by atoms with Gasteiger partial charge < -0.3 is 14.5 Å². The minimum atomic E-state index is -2.00. The highest BCUT2D eigenvalue weighted by Crippen LogP contribution is 2.40. The summed E-state index contributed by atoms with van der Waals surface area (Å²) in [6.45, 7) is 16.4. The Morgan fingerprint density at radius 3 is 2.57 bits per heavy atom. The molecule has 37 heavy (non-hydrogen) atoms. The molecule has 0 radical (unpaired) electrons. The van der Waals surface area contributed by atoms with Crippen LogP contribution in [0, 0.1) is 6.42 Å². The summed E-state index contributed by atoms with van der Waals surface area (Å²) in [5, 5.41) is 5.66. The van der Waals surface area contributed by atoms with Gasteiger partial charge in [-0.05, 0) is 68.7 Å². The molecule has 0 fully saturated rings. The lowest BCUT2D eigenvalue weighted by molar-refractivity contribution is -0.574. The molecule has 2 aromatic rings. The number of hydrogen-bond acceptors (Lipinski definition) is 6. The average Bonchev–Trinajstić information content (AvgIpc) is 3.41. The Kier molecular flexibility index (Phi) is 6.98. The summed E-state index contributed by atoms with van der Waals surface area (Å²) >= 11 is 1.31. The van der Waals surface area contributed by atoms with Crippen LogP contribution in [0.15, 0.2) is 65.2 Å². The van der Waals surface area contributed by atoms with Gasteiger partial charge in [0.2, 0.25) is 36.5 Å². The molecule has 1 atom stereocenters. The largest absolute Gasteiger partial charge is 0.564 e. The first-order chi connectivity index (χ1) is 17.2.